The number of benzene rings is 2. The van der Waals surface area contributed by atoms with Gasteiger partial charge in [-0.3, -0.25) is 19.1 Å². The largest absolute Gasteiger partial charge is 0.470 e. The second-order valence-corrected chi connectivity index (χ2v) is 19.8. The number of nitrogens with zero attached hydrogens (tertiary/aromatic N) is 4. The van der Waals surface area contributed by atoms with Gasteiger partial charge in [-0.25, -0.2) is 18.2 Å². The Morgan fingerprint density at radius 2 is 1.75 bits per heavy atom. The van der Waals surface area contributed by atoms with E-state index in [1.54, 1.807) is 14.1 Å². The van der Waals surface area contributed by atoms with Gasteiger partial charge in [0.2, 0.25) is 27.4 Å². The van der Waals surface area contributed by atoms with Crippen molar-refractivity contribution in [1.29, 1.82) is 0 Å². The molecule has 3 fully saturated rings. The van der Waals surface area contributed by atoms with Gasteiger partial charge in [0.15, 0.2) is 5.82 Å². The van der Waals surface area contributed by atoms with E-state index in [1.165, 1.54) is 9.80 Å². The Morgan fingerprint density at radius 3 is 2.47 bits per heavy atom. The van der Waals surface area contributed by atoms with Crippen LogP contribution in [0.4, 0.5) is 4.79 Å². The molecule has 2 aliphatic heterocycles. The molecule has 2 aliphatic carbocycles. The van der Waals surface area contributed by atoms with E-state index in [2.05, 4.69) is 36.1 Å². The molecule has 0 unspecified atom stereocenters. The summed E-state index contributed by atoms with van der Waals surface area (Å²) in [6.07, 6.45) is 7.44. The van der Waals surface area contributed by atoms with Crippen LogP contribution in [-0.2, 0) is 29.8 Å². The molecule has 2 saturated carbocycles. The number of hydrogen-bond acceptors (Lipinski definition) is 10. The maximum atomic E-state index is 14.7. The molecule has 0 spiro atoms. The average molecular weight is 840 g/mol. The van der Waals surface area contributed by atoms with Crippen molar-refractivity contribution >= 4 is 55.8 Å². The van der Waals surface area contributed by atoms with Crippen LogP contribution in [0.15, 0.2) is 65.1 Å². The lowest BCUT2D eigenvalue weighted by molar-refractivity contribution is -0.141. The predicted octanol–water partition coefficient (Wildman–Crippen LogP) is 5.33. The van der Waals surface area contributed by atoms with Crippen LogP contribution in [0.3, 0.4) is 0 Å². The Bertz CT molecular complexity index is 2470. The second kappa shape index (κ2) is 15.8. The van der Waals surface area contributed by atoms with Gasteiger partial charge < -0.3 is 29.6 Å². The minimum absolute atomic E-state index is 0.00579. The number of carbonyl (C=O) groups is 4. The number of hydrogen-bond donors (Lipinski definition) is 3. The van der Waals surface area contributed by atoms with E-state index in [9.17, 15) is 27.6 Å². The number of aromatic nitrogens is 2. The van der Waals surface area contributed by atoms with Gasteiger partial charge in [-0.1, -0.05) is 82.2 Å². The molecule has 2 aromatic heterocycles. The smallest absolute Gasteiger partial charge is 0.317 e. The summed E-state index contributed by atoms with van der Waals surface area (Å²) in [7, 11) is -0.740. The summed E-state index contributed by atoms with van der Waals surface area (Å²) in [5, 5.41) is 5.89. The van der Waals surface area contributed by atoms with Gasteiger partial charge in [0.25, 0.3) is 11.8 Å². The lowest BCUT2D eigenvalue weighted by atomic mass is 9.87. The number of ether oxygens (including phenoxy) is 1. The number of fused-ring (bicyclic) bond motifs is 5. The molecule has 1 saturated heterocycles. The van der Waals surface area contributed by atoms with E-state index < -0.39 is 68.7 Å². The van der Waals surface area contributed by atoms with E-state index in [1.807, 2.05) is 60.7 Å². The van der Waals surface area contributed by atoms with Crippen LogP contribution in [0.2, 0.25) is 0 Å². The molecule has 60 heavy (non-hydrogen) atoms. The second-order valence-electron chi connectivity index (χ2n) is 17.8. The molecule has 3 N–H and O–H groups in total. The number of sulfonamides is 1. The maximum absolute atomic E-state index is 14.7. The van der Waals surface area contributed by atoms with E-state index in [0.29, 0.717) is 54.6 Å². The molecule has 0 radical (unpaired) electrons. The number of para-hydroxylation sites is 1. The highest BCUT2D eigenvalue weighted by Gasteiger charge is 2.62. The van der Waals surface area contributed by atoms with Crippen molar-refractivity contribution in [2.24, 2.45) is 5.92 Å². The highest BCUT2D eigenvalue weighted by Crippen LogP contribution is 2.46. The molecule has 4 heterocycles. The summed E-state index contributed by atoms with van der Waals surface area (Å²) in [6.45, 7) is 6.37. The average Bonchev–Trinajstić information content (AvgIpc) is 4.11. The summed E-state index contributed by atoms with van der Waals surface area (Å²) in [6, 6.07) is 13.0. The molecule has 2 aromatic carbocycles. The Hall–Kier alpha value is -5.51. The van der Waals surface area contributed by atoms with E-state index >= 15 is 0 Å². The van der Waals surface area contributed by atoms with Gasteiger partial charge in [-0.2, -0.15) is 4.98 Å². The first-order chi connectivity index (χ1) is 28.5. The molecule has 5 amide bonds. The monoisotopic (exact) mass is 839 g/mol. The lowest BCUT2D eigenvalue weighted by Gasteiger charge is -2.30. The van der Waals surface area contributed by atoms with Crippen LogP contribution in [0.5, 0.6) is 5.88 Å². The van der Waals surface area contributed by atoms with Gasteiger partial charge in [0.05, 0.1) is 11.8 Å². The Morgan fingerprint density at radius 1 is 1.00 bits per heavy atom. The number of amides is 5. The minimum Gasteiger partial charge on any atom is -0.470 e. The number of allylic oxidation sites excluding steroid dienone is 1. The van der Waals surface area contributed by atoms with Crippen LogP contribution in [0.1, 0.15) is 84.1 Å². The topological polar surface area (TPSA) is 193 Å². The van der Waals surface area contributed by atoms with E-state index in [0.717, 1.165) is 29.4 Å². The fraction of sp³-hybridized carbons (Fsp3) is 0.500. The Balaban J connectivity index is 1.15. The van der Waals surface area contributed by atoms with Crippen molar-refractivity contribution in [1.82, 2.24) is 35.1 Å². The van der Waals surface area contributed by atoms with Crippen LogP contribution in [0.25, 0.3) is 33.5 Å². The summed E-state index contributed by atoms with van der Waals surface area (Å²) in [5.41, 5.74) is 1.75. The number of rotatable bonds is 7. The lowest BCUT2D eigenvalue weighted by Crippen LogP contribution is -2.58. The van der Waals surface area contributed by atoms with Crippen LogP contribution in [0, 0.1) is 5.92 Å². The van der Waals surface area contributed by atoms with Crippen molar-refractivity contribution in [3.8, 4) is 17.3 Å². The Labute approximate surface area is 349 Å². The molecular weight excluding hydrogens is 787 g/mol. The first kappa shape index (κ1) is 41.2. The molecule has 0 bridgehead atoms. The predicted molar refractivity (Wildman–Crippen MR) is 225 cm³/mol. The Kier molecular flexibility index (Phi) is 10.9. The zero-order valence-electron chi connectivity index (χ0n) is 34.7. The van der Waals surface area contributed by atoms with Crippen LogP contribution < -0.4 is 20.1 Å². The third-order valence-corrected chi connectivity index (χ3v) is 13.8. The standard InChI is InChI=1S/C44H53N7O8S/c1-43(2,3)27-19-17-26(18-20-27)37-46-35-31-14-11-12-16-34(31)59-36(35)39(47-37)58-29-23-33-38(52)48-44(41(54)49-60(56,57)30-21-22-30)24-28(44)13-9-7-6-8-10-15-32(40(53)51(33)25-29)45-42(55)50(4)5/h9,11-14,16-20,28-30,32-33H,6-8,10,15,21-25H2,1-5H3,(H,45,55)(H,48,52)(H,49,54)/t28-,29-,32+,33+,44-/m1/s1. The highest BCUT2D eigenvalue weighted by atomic mass is 32.2. The maximum Gasteiger partial charge on any atom is 0.317 e. The number of nitrogens with one attached hydrogen (secondary N) is 3. The van der Waals surface area contributed by atoms with Crippen molar-refractivity contribution in [3.05, 3.63) is 66.2 Å². The first-order valence-electron chi connectivity index (χ1n) is 20.8. The molecule has 318 valence electrons. The summed E-state index contributed by atoms with van der Waals surface area (Å²) < 4.78 is 41.1. The molecule has 15 nitrogen and oxygen atoms in total. The molecule has 5 atom stereocenters. The van der Waals surface area contributed by atoms with Crippen molar-refractivity contribution in [3.63, 3.8) is 0 Å². The van der Waals surface area contributed by atoms with Gasteiger partial charge in [0.1, 0.15) is 34.8 Å². The number of urea groups is 1. The first-order valence-corrected chi connectivity index (χ1v) is 22.4. The third kappa shape index (κ3) is 8.30. The van der Waals surface area contributed by atoms with Crippen molar-refractivity contribution < 1.29 is 36.7 Å². The summed E-state index contributed by atoms with van der Waals surface area (Å²) >= 11 is 0. The summed E-state index contributed by atoms with van der Waals surface area (Å²) in [5.74, 6) is -1.80. The van der Waals surface area contributed by atoms with Crippen molar-refractivity contribution in [2.75, 3.05) is 20.6 Å². The molecule has 8 rings (SSSR count). The van der Waals surface area contributed by atoms with Gasteiger partial charge in [0, 0.05) is 37.4 Å². The number of furan rings is 1. The van der Waals surface area contributed by atoms with Crippen LogP contribution in [-0.4, -0.2) is 102 Å². The third-order valence-electron chi connectivity index (χ3n) is 12.0. The van der Waals surface area contributed by atoms with Gasteiger partial charge in [-0.05, 0) is 61.6 Å². The van der Waals surface area contributed by atoms with Crippen LogP contribution >= 0.6 is 0 Å². The SMILES string of the molecule is CN(C)C(=O)N[C@H]1CCCCCC=C[C@@H]2C[C@@]2(C(=O)NS(=O)(=O)C2CC2)NC(=O)[C@@H]2C[C@@H](Oc3nc(-c4ccc(C(C)(C)C)cc4)nc4c3oc3ccccc34)CN2C1=O. The summed E-state index contributed by atoms with van der Waals surface area (Å²) in [4.78, 5) is 68.6. The molecular formula is C44H53N7O8S. The molecule has 16 heteroatoms. The molecule has 4 aromatic rings. The highest BCUT2D eigenvalue weighted by molar-refractivity contribution is 7.91. The number of carbonyl (C=O) groups excluding carboxylic acids is 4. The van der Waals surface area contributed by atoms with Crippen molar-refractivity contribution in [2.45, 2.75) is 113 Å². The minimum atomic E-state index is -3.91. The fourth-order valence-electron chi connectivity index (χ4n) is 8.18. The zero-order valence-corrected chi connectivity index (χ0v) is 35.5. The van der Waals surface area contributed by atoms with E-state index in [4.69, 9.17) is 19.1 Å². The fourth-order valence-corrected chi connectivity index (χ4v) is 9.54. The van der Waals surface area contributed by atoms with E-state index in [-0.39, 0.29) is 30.7 Å². The quantitative estimate of drug-likeness (QED) is 0.205. The normalized spacial score (nSPS) is 25.1. The van der Waals surface area contributed by atoms with Gasteiger partial charge in [-0.15, -0.1) is 0 Å². The molecule has 4 aliphatic rings. The zero-order chi connectivity index (χ0) is 42.6. The van der Waals surface area contributed by atoms with Gasteiger partial charge >= 0.3 is 6.03 Å².